The molecule has 0 saturated carbocycles. The van der Waals surface area contributed by atoms with Crippen LogP contribution in [0.25, 0.3) is 0 Å². The largest absolute Gasteiger partial charge is 0.464 e. The van der Waals surface area contributed by atoms with E-state index < -0.39 is 12.1 Å². The van der Waals surface area contributed by atoms with E-state index in [0.717, 1.165) is 32.1 Å². The van der Waals surface area contributed by atoms with Crippen LogP contribution in [-0.2, 0) is 9.53 Å². The average molecular weight is 288 g/mol. The number of ether oxygens (including phenoxy) is 1. The Morgan fingerprint density at radius 2 is 1.35 bits per heavy atom. The Balaban J connectivity index is 3.36. The molecule has 0 aromatic carbocycles. The summed E-state index contributed by atoms with van der Waals surface area (Å²) in [6.07, 6.45) is 11.1. The van der Waals surface area contributed by atoms with Crippen LogP contribution in [0.15, 0.2) is 0 Å². The molecule has 0 saturated heterocycles. The van der Waals surface area contributed by atoms with Gasteiger partial charge in [-0.05, 0) is 19.3 Å². The second-order valence-corrected chi connectivity index (χ2v) is 5.61. The highest BCUT2D eigenvalue weighted by Crippen LogP contribution is 2.11. The summed E-state index contributed by atoms with van der Waals surface area (Å²) in [5, 5.41) is 0. The van der Waals surface area contributed by atoms with Gasteiger partial charge in [0.05, 0.1) is 6.61 Å². The van der Waals surface area contributed by atoms with Crippen molar-refractivity contribution >= 4 is 5.97 Å². The molecular formula is C17H33FO2. The van der Waals surface area contributed by atoms with Gasteiger partial charge in [-0.1, -0.05) is 71.6 Å². The molecule has 20 heavy (non-hydrogen) atoms. The highest BCUT2D eigenvalue weighted by Gasteiger charge is 2.17. The third kappa shape index (κ3) is 12.4. The number of hydrogen-bond acceptors (Lipinski definition) is 2. The highest BCUT2D eigenvalue weighted by atomic mass is 19.1. The van der Waals surface area contributed by atoms with Gasteiger partial charge in [-0.15, -0.1) is 0 Å². The Morgan fingerprint density at radius 1 is 0.850 bits per heavy atom. The van der Waals surface area contributed by atoms with Crippen molar-refractivity contribution in [1.82, 2.24) is 0 Å². The number of alkyl halides is 1. The van der Waals surface area contributed by atoms with Crippen molar-refractivity contribution in [3.63, 3.8) is 0 Å². The van der Waals surface area contributed by atoms with Crippen molar-refractivity contribution in [3.05, 3.63) is 0 Å². The second kappa shape index (κ2) is 14.8. The number of halogens is 1. The molecule has 0 N–H and O–H groups in total. The Hall–Kier alpha value is -0.600. The molecule has 0 radical (unpaired) electrons. The van der Waals surface area contributed by atoms with Gasteiger partial charge in [-0.25, -0.2) is 9.18 Å². The van der Waals surface area contributed by atoms with Crippen LogP contribution in [0.4, 0.5) is 4.39 Å². The van der Waals surface area contributed by atoms with Gasteiger partial charge in [0.1, 0.15) is 0 Å². The first-order valence-corrected chi connectivity index (χ1v) is 8.53. The first-order chi connectivity index (χ1) is 9.72. The Labute approximate surface area is 124 Å². The zero-order chi connectivity index (χ0) is 15.1. The zero-order valence-electron chi connectivity index (χ0n) is 13.5. The highest BCUT2D eigenvalue weighted by molar-refractivity contribution is 5.74. The number of hydrogen-bond donors (Lipinski definition) is 0. The molecule has 0 aromatic heterocycles. The average Bonchev–Trinajstić information content (AvgIpc) is 2.45. The van der Waals surface area contributed by atoms with Crippen LogP contribution in [0.1, 0.15) is 90.9 Å². The van der Waals surface area contributed by atoms with E-state index in [0.29, 0.717) is 13.0 Å². The minimum atomic E-state index is -1.42. The molecule has 0 amide bonds. The first-order valence-electron chi connectivity index (χ1n) is 8.53. The molecule has 0 bridgehead atoms. The predicted octanol–water partition coefficient (Wildman–Crippen LogP) is 5.59. The standard InChI is InChI=1S/C17H33FO2/c1-3-5-7-9-11-13-15-20-17(19)16(18)14-12-10-8-6-4-2/h16H,3-15H2,1-2H3. The van der Waals surface area contributed by atoms with Crippen LogP contribution < -0.4 is 0 Å². The maximum Gasteiger partial charge on any atom is 0.340 e. The lowest BCUT2D eigenvalue weighted by Gasteiger charge is -2.08. The number of unbranched alkanes of at least 4 members (excludes halogenated alkanes) is 9. The van der Waals surface area contributed by atoms with Gasteiger partial charge in [0.15, 0.2) is 6.17 Å². The minimum Gasteiger partial charge on any atom is -0.464 e. The molecule has 0 rings (SSSR count). The first kappa shape index (κ1) is 19.4. The lowest BCUT2D eigenvalue weighted by atomic mass is 10.1. The fourth-order valence-corrected chi connectivity index (χ4v) is 2.19. The molecule has 3 heteroatoms. The zero-order valence-corrected chi connectivity index (χ0v) is 13.5. The monoisotopic (exact) mass is 288 g/mol. The van der Waals surface area contributed by atoms with E-state index in [1.165, 1.54) is 38.5 Å². The van der Waals surface area contributed by atoms with Crippen LogP contribution in [0.3, 0.4) is 0 Å². The van der Waals surface area contributed by atoms with Crippen molar-refractivity contribution < 1.29 is 13.9 Å². The molecular weight excluding hydrogens is 255 g/mol. The summed E-state index contributed by atoms with van der Waals surface area (Å²) in [6.45, 7) is 4.71. The molecule has 1 unspecified atom stereocenters. The van der Waals surface area contributed by atoms with Crippen molar-refractivity contribution in [2.45, 2.75) is 97.1 Å². The van der Waals surface area contributed by atoms with Gasteiger partial charge in [0, 0.05) is 0 Å². The molecule has 0 spiro atoms. The minimum absolute atomic E-state index is 0.318. The summed E-state index contributed by atoms with van der Waals surface area (Å²) in [4.78, 5) is 11.4. The van der Waals surface area contributed by atoms with E-state index in [4.69, 9.17) is 4.74 Å². The molecule has 120 valence electrons. The van der Waals surface area contributed by atoms with E-state index in [1.807, 2.05) is 0 Å². The second-order valence-electron chi connectivity index (χ2n) is 5.61. The summed E-state index contributed by atoms with van der Waals surface area (Å²) in [5.74, 6) is -0.658. The Kier molecular flexibility index (Phi) is 14.4. The predicted molar refractivity (Wildman–Crippen MR) is 82.6 cm³/mol. The lowest BCUT2D eigenvalue weighted by Crippen LogP contribution is -2.19. The van der Waals surface area contributed by atoms with Gasteiger partial charge >= 0.3 is 5.97 Å². The Bertz CT molecular complexity index is 219. The van der Waals surface area contributed by atoms with E-state index in [1.54, 1.807) is 0 Å². The summed E-state index contributed by atoms with van der Waals surface area (Å²) in [7, 11) is 0. The molecule has 0 aliphatic heterocycles. The van der Waals surface area contributed by atoms with Gasteiger partial charge in [0.25, 0.3) is 0 Å². The van der Waals surface area contributed by atoms with Crippen molar-refractivity contribution in [1.29, 1.82) is 0 Å². The van der Waals surface area contributed by atoms with Crippen LogP contribution in [0, 0.1) is 0 Å². The quantitative estimate of drug-likeness (QED) is 0.308. The van der Waals surface area contributed by atoms with Crippen LogP contribution in [0.2, 0.25) is 0 Å². The van der Waals surface area contributed by atoms with Crippen LogP contribution >= 0.6 is 0 Å². The fraction of sp³-hybridized carbons (Fsp3) is 0.941. The van der Waals surface area contributed by atoms with E-state index in [9.17, 15) is 9.18 Å². The topological polar surface area (TPSA) is 26.3 Å². The molecule has 0 aliphatic rings. The molecule has 0 fully saturated rings. The summed E-state index contributed by atoms with van der Waals surface area (Å²) >= 11 is 0. The smallest absolute Gasteiger partial charge is 0.340 e. The molecule has 1 atom stereocenters. The van der Waals surface area contributed by atoms with E-state index in [2.05, 4.69) is 13.8 Å². The van der Waals surface area contributed by atoms with Gasteiger partial charge in [-0.3, -0.25) is 0 Å². The van der Waals surface area contributed by atoms with Crippen LogP contribution in [-0.4, -0.2) is 18.7 Å². The van der Waals surface area contributed by atoms with Gasteiger partial charge < -0.3 is 4.74 Å². The Morgan fingerprint density at radius 3 is 1.95 bits per heavy atom. The SMILES string of the molecule is CCCCCCCCOC(=O)C(F)CCCCCCC. The van der Waals surface area contributed by atoms with E-state index in [-0.39, 0.29) is 0 Å². The summed E-state index contributed by atoms with van der Waals surface area (Å²) in [5.41, 5.74) is 0. The third-order valence-electron chi connectivity index (χ3n) is 3.56. The third-order valence-corrected chi connectivity index (χ3v) is 3.56. The molecule has 0 heterocycles. The number of esters is 1. The number of carbonyl (C=O) groups excluding carboxylic acids is 1. The van der Waals surface area contributed by atoms with Crippen LogP contribution in [0.5, 0.6) is 0 Å². The van der Waals surface area contributed by atoms with Crippen molar-refractivity contribution in [2.75, 3.05) is 6.61 Å². The normalized spacial score (nSPS) is 12.3. The van der Waals surface area contributed by atoms with E-state index >= 15 is 0 Å². The van der Waals surface area contributed by atoms with Crippen molar-refractivity contribution in [2.24, 2.45) is 0 Å². The summed E-state index contributed by atoms with van der Waals surface area (Å²) in [6, 6.07) is 0. The number of carbonyl (C=O) groups is 1. The maximum atomic E-state index is 13.5. The van der Waals surface area contributed by atoms with Gasteiger partial charge in [-0.2, -0.15) is 0 Å². The molecule has 0 aliphatic carbocycles. The summed E-state index contributed by atoms with van der Waals surface area (Å²) < 4.78 is 18.5. The van der Waals surface area contributed by atoms with Gasteiger partial charge in [0.2, 0.25) is 0 Å². The van der Waals surface area contributed by atoms with Crippen molar-refractivity contribution in [3.8, 4) is 0 Å². The molecule has 0 aromatic rings. The maximum absolute atomic E-state index is 13.5. The lowest BCUT2D eigenvalue weighted by molar-refractivity contribution is -0.150. The fourth-order valence-electron chi connectivity index (χ4n) is 2.19. The molecule has 2 nitrogen and oxygen atoms in total. The number of rotatable bonds is 14.